The van der Waals surface area contributed by atoms with Gasteiger partial charge in [0.25, 0.3) is 0 Å². The van der Waals surface area contributed by atoms with Gasteiger partial charge < -0.3 is 10.0 Å². The maximum atomic E-state index is 11.9. The van der Waals surface area contributed by atoms with Gasteiger partial charge in [0.2, 0.25) is 5.91 Å². The van der Waals surface area contributed by atoms with E-state index in [2.05, 4.69) is 20.8 Å². The summed E-state index contributed by atoms with van der Waals surface area (Å²) in [5.41, 5.74) is 0. The maximum absolute atomic E-state index is 11.9. The van der Waals surface area contributed by atoms with E-state index < -0.39 is 0 Å². The molecule has 0 unspecified atom stereocenters. The number of aliphatic hydroxyl groups is 1. The summed E-state index contributed by atoms with van der Waals surface area (Å²) in [6, 6.07) is 0.0677. The molecular formula is C11H21NO2S. The molecule has 1 rings (SSSR count). The molecule has 1 N–H and O–H groups in total. The maximum Gasteiger partial charge on any atom is 0.232 e. The minimum atomic E-state index is 0.0677. The highest BCUT2D eigenvalue weighted by atomic mass is 32.2. The molecule has 0 aliphatic carbocycles. The van der Waals surface area contributed by atoms with Crippen LogP contribution in [0.15, 0.2) is 0 Å². The summed E-state index contributed by atoms with van der Waals surface area (Å²) in [6.07, 6.45) is 1.97. The first-order valence-corrected chi connectivity index (χ1v) is 6.47. The molecule has 88 valence electrons. The summed E-state index contributed by atoms with van der Waals surface area (Å²) >= 11 is 1.67. The highest BCUT2D eigenvalue weighted by Crippen LogP contribution is 2.25. The third-order valence-electron chi connectivity index (χ3n) is 2.54. The third-order valence-corrected chi connectivity index (χ3v) is 3.79. The van der Waals surface area contributed by atoms with Crippen LogP contribution in [0, 0.1) is 0 Å². The van der Waals surface area contributed by atoms with Crippen molar-refractivity contribution in [1.82, 2.24) is 4.90 Å². The third kappa shape index (κ3) is 4.03. The Morgan fingerprint density at radius 3 is 2.73 bits per heavy atom. The lowest BCUT2D eigenvalue weighted by Gasteiger charge is -2.25. The summed E-state index contributed by atoms with van der Waals surface area (Å²) in [6.45, 7) is 7.25. The van der Waals surface area contributed by atoms with Gasteiger partial charge in [0, 0.05) is 11.3 Å². The molecule has 1 aliphatic heterocycles. The second-order valence-corrected chi connectivity index (χ2v) is 6.77. The number of aliphatic hydroxyl groups excluding tert-OH is 1. The quantitative estimate of drug-likeness (QED) is 0.800. The van der Waals surface area contributed by atoms with Crippen LogP contribution in [0.1, 0.15) is 33.6 Å². The molecule has 15 heavy (non-hydrogen) atoms. The molecule has 0 aromatic rings. The first-order valence-electron chi connectivity index (χ1n) is 5.48. The van der Waals surface area contributed by atoms with Gasteiger partial charge in [0.1, 0.15) is 0 Å². The smallest absolute Gasteiger partial charge is 0.232 e. The van der Waals surface area contributed by atoms with Crippen molar-refractivity contribution in [2.75, 3.05) is 18.9 Å². The molecule has 0 radical (unpaired) electrons. The van der Waals surface area contributed by atoms with Crippen molar-refractivity contribution >= 4 is 17.7 Å². The Morgan fingerprint density at radius 1 is 1.53 bits per heavy atom. The van der Waals surface area contributed by atoms with Crippen LogP contribution in [-0.4, -0.2) is 45.6 Å². The van der Waals surface area contributed by atoms with Gasteiger partial charge in [-0.15, -0.1) is 11.8 Å². The predicted octanol–water partition coefficient (Wildman–Crippen LogP) is 1.50. The Morgan fingerprint density at radius 2 is 2.20 bits per heavy atom. The molecule has 0 saturated carbocycles. The first-order chi connectivity index (χ1) is 6.94. The fraction of sp³-hybridized carbons (Fsp3) is 0.909. The number of likely N-dealkylation sites (tertiary alicyclic amines) is 1. The van der Waals surface area contributed by atoms with E-state index >= 15 is 0 Å². The average Bonchev–Trinajstić information content (AvgIpc) is 2.60. The van der Waals surface area contributed by atoms with Gasteiger partial charge in [0.15, 0.2) is 0 Å². The van der Waals surface area contributed by atoms with Gasteiger partial charge in [-0.2, -0.15) is 0 Å². The van der Waals surface area contributed by atoms with Crippen LogP contribution in [0.4, 0.5) is 0 Å². The lowest BCUT2D eigenvalue weighted by atomic mass is 10.2. The van der Waals surface area contributed by atoms with Crippen LogP contribution in [0.3, 0.4) is 0 Å². The topological polar surface area (TPSA) is 40.5 Å². The van der Waals surface area contributed by atoms with Gasteiger partial charge >= 0.3 is 0 Å². The number of carbonyl (C=O) groups is 1. The average molecular weight is 231 g/mol. The minimum absolute atomic E-state index is 0.0677. The summed E-state index contributed by atoms with van der Waals surface area (Å²) in [4.78, 5) is 13.7. The monoisotopic (exact) mass is 231 g/mol. The molecule has 0 aromatic carbocycles. The van der Waals surface area contributed by atoms with Crippen molar-refractivity contribution in [3.63, 3.8) is 0 Å². The molecule has 1 heterocycles. The van der Waals surface area contributed by atoms with Crippen LogP contribution >= 0.6 is 11.8 Å². The van der Waals surface area contributed by atoms with Gasteiger partial charge in [-0.3, -0.25) is 4.79 Å². The van der Waals surface area contributed by atoms with Crippen molar-refractivity contribution in [3.8, 4) is 0 Å². The number of rotatable bonds is 3. The van der Waals surface area contributed by atoms with E-state index in [1.165, 1.54) is 0 Å². The zero-order valence-corrected chi connectivity index (χ0v) is 10.6. The molecule has 1 saturated heterocycles. The molecule has 1 atom stereocenters. The van der Waals surface area contributed by atoms with Crippen LogP contribution < -0.4 is 0 Å². The molecule has 3 nitrogen and oxygen atoms in total. The number of hydrogen-bond donors (Lipinski definition) is 1. The standard InChI is InChI=1S/C11H21NO2S/c1-11(2,3)15-8-10(14)12-6-4-5-9(12)7-13/h9,13H,4-8H2,1-3H3/t9-/m1/s1. The highest BCUT2D eigenvalue weighted by molar-refractivity contribution is 8.01. The number of thioether (sulfide) groups is 1. The largest absolute Gasteiger partial charge is 0.394 e. The Kier molecular flexibility index (Phi) is 4.46. The Balaban J connectivity index is 2.40. The van der Waals surface area contributed by atoms with Crippen LogP contribution in [0.5, 0.6) is 0 Å². The summed E-state index contributed by atoms with van der Waals surface area (Å²) in [7, 11) is 0. The van der Waals surface area contributed by atoms with Gasteiger partial charge in [-0.25, -0.2) is 0 Å². The molecule has 0 aromatic heterocycles. The van der Waals surface area contributed by atoms with Gasteiger partial charge in [-0.05, 0) is 12.8 Å². The van der Waals surface area contributed by atoms with Crippen LogP contribution in [0.25, 0.3) is 0 Å². The lowest BCUT2D eigenvalue weighted by molar-refractivity contribution is -0.129. The van der Waals surface area contributed by atoms with Crippen molar-refractivity contribution in [2.24, 2.45) is 0 Å². The molecule has 1 amide bonds. The zero-order valence-electron chi connectivity index (χ0n) is 9.82. The fourth-order valence-electron chi connectivity index (χ4n) is 1.72. The SMILES string of the molecule is CC(C)(C)SCC(=O)N1CCC[C@@H]1CO. The number of nitrogens with zero attached hydrogens (tertiary/aromatic N) is 1. The van der Waals surface area contributed by atoms with Crippen molar-refractivity contribution < 1.29 is 9.90 Å². The lowest BCUT2D eigenvalue weighted by Crippen LogP contribution is -2.39. The van der Waals surface area contributed by atoms with Crippen LogP contribution in [-0.2, 0) is 4.79 Å². The molecule has 1 aliphatic rings. The van der Waals surface area contributed by atoms with E-state index in [0.29, 0.717) is 5.75 Å². The van der Waals surface area contributed by atoms with Gasteiger partial charge in [-0.1, -0.05) is 20.8 Å². The fourth-order valence-corrected chi connectivity index (χ4v) is 2.44. The Labute approximate surface area is 96.2 Å². The normalized spacial score (nSPS) is 22.1. The molecule has 0 bridgehead atoms. The second kappa shape index (κ2) is 5.21. The summed E-state index contributed by atoms with van der Waals surface area (Å²) in [5, 5.41) is 9.11. The molecular weight excluding hydrogens is 210 g/mol. The van der Waals surface area contributed by atoms with E-state index in [-0.39, 0.29) is 23.3 Å². The number of carbonyl (C=O) groups excluding carboxylic acids is 1. The number of amides is 1. The molecule has 0 spiro atoms. The van der Waals surface area contributed by atoms with E-state index in [4.69, 9.17) is 5.11 Å². The molecule has 4 heteroatoms. The van der Waals surface area contributed by atoms with Crippen LogP contribution in [0.2, 0.25) is 0 Å². The van der Waals surface area contributed by atoms with E-state index in [1.807, 2.05) is 4.90 Å². The zero-order chi connectivity index (χ0) is 11.5. The van der Waals surface area contributed by atoms with Crippen molar-refractivity contribution in [1.29, 1.82) is 0 Å². The van der Waals surface area contributed by atoms with Crippen molar-refractivity contribution in [3.05, 3.63) is 0 Å². The molecule has 1 fully saturated rings. The highest BCUT2D eigenvalue weighted by Gasteiger charge is 2.28. The van der Waals surface area contributed by atoms with Gasteiger partial charge in [0.05, 0.1) is 18.4 Å². The van der Waals surface area contributed by atoms with E-state index in [9.17, 15) is 4.79 Å². The summed E-state index contributed by atoms with van der Waals surface area (Å²) in [5.74, 6) is 0.700. The van der Waals surface area contributed by atoms with E-state index in [0.717, 1.165) is 19.4 Å². The Hall–Kier alpha value is -0.220. The predicted molar refractivity (Wildman–Crippen MR) is 64.0 cm³/mol. The summed E-state index contributed by atoms with van der Waals surface area (Å²) < 4.78 is 0.129. The Bertz CT molecular complexity index is 225. The van der Waals surface area contributed by atoms with E-state index in [1.54, 1.807) is 11.8 Å². The minimum Gasteiger partial charge on any atom is -0.394 e. The van der Waals surface area contributed by atoms with Crippen molar-refractivity contribution in [2.45, 2.75) is 44.4 Å². The first kappa shape index (κ1) is 12.8. The number of hydrogen-bond acceptors (Lipinski definition) is 3. The second-order valence-electron chi connectivity index (χ2n) is 4.97.